The molecule has 2 atom stereocenters. The molecule has 3 N–H and O–H groups in total. The molecule has 0 saturated carbocycles. The number of nitrogens with one attached hydrogen (secondary N) is 2. The molecule has 14 heteroatoms. The number of ether oxygens (including phenoxy) is 4. The van der Waals surface area contributed by atoms with Gasteiger partial charge in [-0.2, -0.15) is 0 Å². The van der Waals surface area contributed by atoms with E-state index in [9.17, 15) is 9.59 Å². The summed E-state index contributed by atoms with van der Waals surface area (Å²) in [5.74, 6) is 1.36. The maximum atomic E-state index is 13.8. The van der Waals surface area contributed by atoms with Crippen molar-refractivity contribution < 1.29 is 38.4 Å². The van der Waals surface area contributed by atoms with E-state index in [1.807, 2.05) is 61.7 Å². The Labute approximate surface area is 351 Å². The fourth-order valence-corrected chi connectivity index (χ4v) is 7.48. The average Bonchev–Trinajstić information content (AvgIpc) is 3.80. The van der Waals surface area contributed by atoms with Crippen molar-refractivity contribution in [2.24, 2.45) is 0 Å². The number of hydrogen-bond acceptors (Lipinski definition) is 9. The SMILES string of the molecule is Cc1nccc(-c2ccc(CCNC(=O)C3Cc4cc5c(cc4CN3C(=O)C3=COCN3)OC(c3ccc(OCc4ccc(Cl)c(Cl)c4)cc3)CO5)cc2)c1C.O=CO. The van der Waals surface area contributed by atoms with E-state index in [1.165, 1.54) is 6.26 Å². The maximum Gasteiger partial charge on any atom is 0.290 e. The molecule has 0 saturated heterocycles. The quantitative estimate of drug-likeness (QED) is 0.121. The molecule has 0 aliphatic carbocycles. The summed E-state index contributed by atoms with van der Waals surface area (Å²) < 4.78 is 23.9. The zero-order valence-electron chi connectivity index (χ0n) is 32.4. The Morgan fingerprint density at radius 1 is 0.966 bits per heavy atom. The van der Waals surface area contributed by atoms with Gasteiger partial charge in [-0.15, -0.1) is 0 Å². The molecule has 5 aromatic rings. The molecule has 12 nitrogen and oxygen atoms in total. The van der Waals surface area contributed by atoms with Crippen molar-refractivity contribution in [2.45, 2.75) is 52.0 Å². The van der Waals surface area contributed by atoms with Gasteiger partial charge in [0, 0.05) is 31.4 Å². The van der Waals surface area contributed by atoms with Crippen LogP contribution in [-0.2, 0) is 45.1 Å². The molecule has 4 aromatic carbocycles. The van der Waals surface area contributed by atoms with E-state index in [0.29, 0.717) is 65.6 Å². The van der Waals surface area contributed by atoms with Crippen LogP contribution >= 0.6 is 23.2 Å². The van der Waals surface area contributed by atoms with E-state index < -0.39 is 6.04 Å². The smallest absolute Gasteiger partial charge is 0.290 e. The number of fused-ring (bicyclic) bond motifs is 2. The van der Waals surface area contributed by atoms with Gasteiger partial charge in [0.15, 0.2) is 24.3 Å². The van der Waals surface area contributed by atoms with Gasteiger partial charge in [-0.05, 0) is 107 Å². The summed E-state index contributed by atoms with van der Waals surface area (Å²) in [6.07, 6.45) is 3.85. The minimum atomic E-state index is -0.730. The van der Waals surface area contributed by atoms with E-state index >= 15 is 0 Å². The van der Waals surface area contributed by atoms with Gasteiger partial charge in [0.1, 0.15) is 37.0 Å². The Morgan fingerprint density at radius 2 is 1.71 bits per heavy atom. The summed E-state index contributed by atoms with van der Waals surface area (Å²) in [5.41, 5.74) is 9.52. The molecule has 2 unspecified atom stereocenters. The van der Waals surface area contributed by atoms with Gasteiger partial charge in [-0.1, -0.05) is 65.7 Å². The molecule has 4 heterocycles. The van der Waals surface area contributed by atoms with E-state index in [1.54, 1.807) is 17.0 Å². The number of nitrogens with zero attached hydrogens (tertiary/aromatic N) is 2. The van der Waals surface area contributed by atoms with E-state index in [0.717, 1.165) is 50.2 Å². The van der Waals surface area contributed by atoms with Gasteiger partial charge >= 0.3 is 0 Å². The fraction of sp³-hybridized carbons (Fsp3) is 0.244. The number of benzene rings is 4. The number of carboxylic acid groups (broad SMARTS) is 1. The summed E-state index contributed by atoms with van der Waals surface area (Å²) in [4.78, 5) is 41.9. The molecule has 59 heavy (non-hydrogen) atoms. The number of hydrogen-bond donors (Lipinski definition) is 3. The number of aryl methyl sites for hydroxylation is 1. The van der Waals surface area contributed by atoms with Crippen LogP contribution in [0.5, 0.6) is 17.2 Å². The van der Waals surface area contributed by atoms with Crippen LogP contribution in [0.3, 0.4) is 0 Å². The molecule has 0 fully saturated rings. The highest BCUT2D eigenvalue weighted by molar-refractivity contribution is 6.42. The lowest BCUT2D eigenvalue weighted by molar-refractivity contribution is -0.139. The molecule has 1 aromatic heterocycles. The molecule has 8 rings (SSSR count). The first-order chi connectivity index (χ1) is 28.6. The minimum absolute atomic E-state index is 0.200. The second-order valence-corrected chi connectivity index (χ2v) is 15.0. The highest BCUT2D eigenvalue weighted by Gasteiger charge is 2.38. The monoisotopic (exact) mass is 836 g/mol. The van der Waals surface area contributed by atoms with Crippen molar-refractivity contribution in [1.82, 2.24) is 20.5 Å². The third-order valence-electron chi connectivity index (χ3n) is 10.5. The topological polar surface area (TPSA) is 149 Å². The molecule has 2 amide bonds. The molecule has 0 spiro atoms. The number of carbonyl (C=O) groups excluding carboxylic acids is 2. The molecule has 0 bridgehead atoms. The summed E-state index contributed by atoms with van der Waals surface area (Å²) in [6.45, 7) is 5.34. The second-order valence-electron chi connectivity index (χ2n) is 14.2. The van der Waals surface area contributed by atoms with Crippen LogP contribution in [-0.4, -0.2) is 59.2 Å². The van der Waals surface area contributed by atoms with Gasteiger partial charge in [0.25, 0.3) is 12.4 Å². The standard InChI is InChI=1S/C44H40Cl2N4O6.CH2O2/c1-26-27(2)47-16-14-35(26)30-6-3-28(4-7-30)13-15-48-43(51)39-18-32-19-40-41(20-33(32)21-50(39)44(52)38-23-53-25-49-38)56-42(24-55-40)31-8-10-34(11-9-31)54-22-29-5-12-36(45)37(46)17-29;2-1-3/h3-12,14,16-17,19-20,23,39,42,49H,13,15,18,21-22,24-25H2,1-2H3,(H,48,51);1H,(H,2,3). The Balaban J connectivity index is 0.00000171. The van der Waals surface area contributed by atoms with Crippen LogP contribution in [0, 0.1) is 13.8 Å². The molecular weight excluding hydrogens is 795 g/mol. The van der Waals surface area contributed by atoms with Gasteiger partial charge in [-0.3, -0.25) is 19.4 Å². The van der Waals surface area contributed by atoms with E-state index in [-0.39, 0.29) is 37.7 Å². The minimum Gasteiger partial charge on any atom is -0.489 e. The van der Waals surface area contributed by atoms with Crippen molar-refractivity contribution in [3.63, 3.8) is 0 Å². The predicted octanol–water partition coefficient (Wildman–Crippen LogP) is 7.50. The first-order valence-electron chi connectivity index (χ1n) is 19.0. The Kier molecular flexibility index (Phi) is 12.9. The molecule has 304 valence electrons. The van der Waals surface area contributed by atoms with Crippen LogP contribution in [0.2, 0.25) is 10.0 Å². The lowest BCUT2D eigenvalue weighted by Crippen LogP contribution is -2.53. The second kappa shape index (κ2) is 18.6. The van der Waals surface area contributed by atoms with Crippen molar-refractivity contribution in [3.8, 4) is 28.4 Å². The molecular formula is C45H42Cl2N4O8. The van der Waals surface area contributed by atoms with Gasteiger partial charge in [-0.25, -0.2) is 0 Å². The average molecular weight is 838 g/mol. The number of carbonyl (C=O) groups is 3. The highest BCUT2D eigenvalue weighted by atomic mass is 35.5. The van der Waals surface area contributed by atoms with E-state index in [2.05, 4.69) is 46.8 Å². The van der Waals surface area contributed by atoms with Crippen molar-refractivity contribution >= 4 is 41.5 Å². The number of aromatic nitrogens is 1. The summed E-state index contributed by atoms with van der Waals surface area (Å²) >= 11 is 12.2. The van der Waals surface area contributed by atoms with Crippen LogP contribution in [0.15, 0.2) is 103 Å². The van der Waals surface area contributed by atoms with Crippen molar-refractivity contribution in [1.29, 1.82) is 0 Å². The summed E-state index contributed by atoms with van der Waals surface area (Å²) in [7, 11) is 0. The summed E-state index contributed by atoms with van der Waals surface area (Å²) in [6, 6.07) is 26.6. The summed E-state index contributed by atoms with van der Waals surface area (Å²) in [5, 5.41) is 13.9. The Bertz CT molecular complexity index is 2370. The number of amides is 2. The molecule has 3 aliphatic heterocycles. The van der Waals surface area contributed by atoms with Gasteiger partial charge in [0.05, 0.1) is 10.0 Å². The van der Waals surface area contributed by atoms with Crippen LogP contribution in [0.1, 0.15) is 45.2 Å². The molecule has 0 radical (unpaired) electrons. The Hall–Kier alpha value is -6.24. The third-order valence-corrected chi connectivity index (χ3v) is 11.2. The Morgan fingerprint density at radius 3 is 2.44 bits per heavy atom. The van der Waals surface area contributed by atoms with Crippen LogP contribution in [0.4, 0.5) is 0 Å². The van der Waals surface area contributed by atoms with Crippen LogP contribution < -0.4 is 24.8 Å². The third kappa shape index (κ3) is 9.56. The zero-order valence-corrected chi connectivity index (χ0v) is 33.9. The lowest BCUT2D eigenvalue weighted by Gasteiger charge is -2.37. The van der Waals surface area contributed by atoms with Crippen molar-refractivity contribution in [3.05, 3.63) is 152 Å². The van der Waals surface area contributed by atoms with Gasteiger partial charge < -0.3 is 39.6 Å². The predicted molar refractivity (Wildman–Crippen MR) is 222 cm³/mol. The number of pyridine rings is 1. The first kappa shape index (κ1) is 40.9. The lowest BCUT2D eigenvalue weighted by atomic mass is 9.92. The largest absolute Gasteiger partial charge is 0.489 e. The number of rotatable bonds is 10. The van der Waals surface area contributed by atoms with Gasteiger partial charge in [0.2, 0.25) is 5.91 Å². The normalized spacial score (nSPS) is 16.3. The fourth-order valence-electron chi connectivity index (χ4n) is 7.16. The van der Waals surface area contributed by atoms with Crippen LogP contribution in [0.25, 0.3) is 11.1 Å². The molecule has 3 aliphatic rings. The maximum absolute atomic E-state index is 13.8. The van der Waals surface area contributed by atoms with Crippen molar-refractivity contribution in [2.75, 3.05) is 19.9 Å². The zero-order chi connectivity index (χ0) is 41.5. The number of halogens is 2. The highest BCUT2D eigenvalue weighted by Crippen LogP contribution is 2.41. The van der Waals surface area contributed by atoms with E-state index in [4.69, 9.17) is 52.1 Å². The first-order valence-corrected chi connectivity index (χ1v) is 19.7.